The van der Waals surface area contributed by atoms with Crippen LogP contribution in [0.1, 0.15) is 84.2 Å². The van der Waals surface area contributed by atoms with Crippen molar-refractivity contribution < 1.29 is 64.0 Å². The molecule has 394 valence electrons. The number of para-hydroxylation sites is 2. The Morgan fingerprint density at radius 1 is 0.613 bits per heavy atom. The van der Waals surface area contributed by atoms with Crippen molar-refractivity contribution in [3.63, 3.8) is 0 Å². The van der Waals surface area contributed by atoms with E-state index in [0.29, 0.717) is 63.1 Å². The van der Waals surface area contributed by atoms with E-state index in [1.54, 1.807) is 51.9 Å². The molecule has 75 heavy (non-hydrogen) atoms. The lowest BCUT2D eigenvalue weighted by molar-refractivity contribution is -0.132. The Hall–Kier alpha value is -8.16. The van der Waals surface area contributed by atoms with Gasteiger partial charge >= 0.3 is 12.4 Å². The number of methoxy groups -OCH3 is 1. The molecule has 0 atom stereocenters. The summed E-state index contributed by atoms with van der Waals surface area (Å²) in [5, 5.41) is 15.6. The van der Waals surface area contributed by atoms with Crippen LogP contribution in [0.15, 0.2) is 110 Å². The highest BCUT2D eigenvalue weighted by Crippen LogP contribution is 2.40. The molecule has 0 radical (unpaired) electrons. The van der Waals surface area contributed by atoms with Crippen LogP contribution in [0.3, 0.4) is 0 Å². The molecule has 0 bridgehead atoms. The number of nitrogens with zero attached hydrogens (tertiary/aromatic N) is 4. The van der Waals surface area contributed by atoms with Crippen LogP contribution in [0, 0.1) is 25.5 Å². The number of anilines is 2. The van der Waals surface area contributed by atoms with Gasteiger partial charge in [0.25, 0.3) is 0 Å². The fraction of sp³-hybridized carbons (Fsp3) is 0.273. The summed E-state index contributed by atoms with van der Waals surface area (Å²) in [7, 11) is 1.31. The number of alkyl halides is 6. The van der Waals surface area contributed by atoms with E-state index >= 15 is 0 Å². The van der Waals surface area contributed by atoms with Gasteiger partial charge in [0.2, 0.25) is 0 Å². The first kappa shape index (κ1) is 54.6. The molecule has 20 heteroatoms. The molecule has 0 unspecified atom stereocenters. The number of rotatable bonds is 19. The Bertz CT molecular complexity index is 3350. The first-order valence-corrected chi connectivity index (χ1v) is 23.8. The molecule has 2 aromatic heterocycles. The van der Waals surface area contributed by atoms with Crippen LogP contribution in [0.25, 0.3) is 33.4 Å². The third-order valence-electron chi connectivity index (χ3n) is 11.8. The van der Waals surface area contributed by atoms with E-state index in [4.69, 9.17) is 14.2 Å². The van der Waals surface area contributed by atoms with Gasteiger partial charge in [0, 0.05) is 72.7 Å². The zero-order chi connectivity index (χ0) is 54.2. The van der Waals surface area contributed by atoms with Gasteiger partial charge in [-0.15, -0.1) is 0 Å². The Kier molecular flexibility index (Phi) is 17.0. The molecule has 0 aliphatic rings. The first-order chi connectivity index (χ1) is 35.7. The van der Waals surface area contributed by atoms with Crippen LogP contribution >= 0.6 is 0 Å². The fourth-order valence-corrected chi connectivity index (χ4v) is 8.20. The molecule has 0 spiro atoms. The molecule has 6 aromatic carbocycles. The van der Waals surface area contributed by atoms with E-state index in [2.05, 4.69) is 20.6 Å². The predicted octanol–water partition coefficient (Wildman–Crippen LogP) is 14.9. The zero-order valence-corrected chi connectivity index (χ0v) is 41.4. The number of hydrogen-bond donors (Lipinski definition) is 3. The second-order valence-electron chi connectivity index (χ2n) is 17.4. The highest BCUT2D eigenvalue weighted by Gasteiger charge is 2.28. The van der Waals surface area contributed by atoms with Crippen LogP contribution in [0.2, 0.25) is 0 Å². The van der Waals surface area contributed by atoms with Crippen molar-refractivity contribution in [2.75, 3.05) is 30.8 Å². The summed E-state index contributed by atoms with van der Waals surface area (Å²) < 4.78 is 125. The number of benzene rings is 6. The van der Waals surface area contributed by atoms with Crippen molar-refractivity contribution in [3.8, 4) is 45.9 Å². The highest BCUT2D eigenvalue weighted by atomic mass is 19.4. The van der Waals surface area contributed by atoms with Gasteiger partial charge in [0.05, 0.1) is 42.4 Å². The minimum absolute atomic E-state index is 0.0452. The average molecular weight is 1050 g/mol. The van der Waals surface area contributed by atoms with E-state index in [0.717, 1.165) is 30.0 Å². The Balaban J connectivity index is 0.000000219. The largest absolute Gasteiger partial charge is 0.502 e. The number of aryl methyl sites for hydroxylation is 2. The molecule has 3 N–H and O–H groups in total. The minimum atomic E-state index is -4.35. The van der Waals surface area contributed by atoms with Crippen LogP contribution < -0.4 is 24.8 Å². The van der Waals surface area contributed by atoms with Gasteiger partial charge in [-0.3, -0.25) is 18.7 Å². The lowest BCUT2D eigenvalue weighted by atomic mass is 10.0. The van der Waals surface area contributed by atoms with Crippen molar-refractivity contribution in [1.82, 2.24) is 19.1 Å². The number of phenolic OH excluding ortho intramolecular Hbond substituents is 1. The fourth-order valence-electron chi connectivity index (χ4n) is 8.20. The third-order valence-corrected chi connectivity index (χ3v) is 11.8. The number of halogens is 8. The standard InChI is InChI=1S/C28H27F4N3O3.C27H25F4N3O3/c1-4-6-24(36)20-10-9-18(13-17(20)2)35-16-34-26-22(33-12-11-28(30,31)32)14-19(15-23(26)35)38-25-8-5-7-21(29)27(25)37-3;1-3-5-23(35)19-9-8-17(12-16(19)2)34-15-33-25-21(32-11-10-27(29,30)31)13-18(14-22(25)34)37-24-7-4-6-20(28)26(24)36/h5,7-10,13-16,33H,4,6,11-12H2,1-3H3;4,6-9,12-15,32,36H,3,5,10-11H2,1-2H3. The molecule has 8 rings (SSSR count). The molecule has 0 saturated carbocycles. The Morgan fingerprint density at radius 3 is 1.48 bits per heavy atom. The van der Waals surface area contributed by atoms with Crippen LogP contribution in [-0.4, -0.2) is 68.3 Å². The predicted molar refractivity (Wildman–Crippen MR) is 270 cm³/mol. The quantitative estimate of drug-likeness (QED) is 0.0529. The van der Waals surface area contributed by atoms with Crippen LogP contribution in [0.4, 0.5) is 46.5 Å². The Morgan fingerprint density at radius 2 is 1.05 bits per heavy atom. The van der Waals surface area contributed by atoms with Crippen molar-refractivity contribution >= 4 is 45.0 Å². The molecule has 0 amide bonds. The summed E-state index contributed by atoms with van der Waals surface area (Å²) in [6.07, 6.45) is -5.33. The summed E-state index contributed by atoms with van der Waals surface area (Å²) in [5.74, 6) is -1.84. The van der Waals surface area contributed by atoms with Gasteiger partial charge in [-0.25, -0.2) is 18.7 Å². The zero-order valence-electron chi connectivity index (χ0n) is 41.4. The van der Waals surface area contributed by atoms with Crippen molar-refractivity contribution in [3.05, 3.63) is 144 Å². The smallest absolute Gasteiger partial charge is 0.390 e. The maximum atomic E-state index is 14.2. The summed E-state index contributed by atoms with van der Waals surface area (Å²) in [6, 6.07) is 24.9. The number of ketones is 2. The second-order valence-corrected chi connectivity index (χ2v) is 17.4. The van der Waals surface area contributed by atoms with Gasteiger partial charge in [-0.2, -0.15) is 26.3 Å². The second kappa shape index (κ2) is 23.4. The number of fused-ring (bicyclic) bond motifs is 2. The molecule has 0 saturated heterocycles. The van der Waals surface area contributed by atoms with Gasteiger partial charge in [0.1, 0.15) is 35.2 Å². The van der Waals surface area contributed by atoms with E-state index < -0.39 is 49.1 Å². The van der Waals surface area contributed by atoms with E-state index in [9.17, 15) is 49.8 Å². The lowest BCUT2D eigenvalue weighted by Gasteiger charge is -2.15. The maximum absolute atomic E-state index is 14.2. The highest BCUT2D eigenvalue weighted by molar-refractivity contribution is 5.99. The number of imidazole rings is 2. The van der Waals surface area contributed by atoms with E-state index in [1.807, 2.05) is 39.8 Å². The molecule has 2 heterocycles. The number of aromatic nitrogens is 4. The van der Waals surface area contributed by atoms with Gasteiger partial charge < -0.3 is 30.0 Å². The number of ether oxygens (including phenoxy) is 3. The molecule has 0 fully saturated rings. The number of aromatic hydroxyl groups is 1. The summed E-state index contributed by atoms with van der Waals surface area (Å²) in [6.45, 7) is 6.79. The topological polar surface area (TPSA) is 142 Å². The van der Waals surface area contributed by atoms with Crippen molar-refractivity contribution in [2.45, 2.75) is 78.6 Å². The summed E-state index contributed by atoms with van der Waals surface area (Å²) in [5.41, 5.74) is 6.67. The SMILES string of the molecule is CCCC(=O)c1ccc(-n2cnc3c(NCCC(F)(F)F)cc(Oc4cccc(F)c4O)cc32)cc1C.CCCC(=O)c1ccc(-n2cnc3c(NCCC(F)(F)F)cc(Oc4cccc(F)c4OC)cc32)cc1C. The normalized spacial score (nSPS) is 11.6. The number of carbonyl (C=O) groups is 2. The van der Waals surface area contributed by atoms with Gasteiger partial charge in [-0.05, 0) is 98.5 Å². The molecule has 12 nitrogen and oxygen atoms in total. The van der Waals surface area contributed by atoms with Crippen LogP contribution in [-0.2, 0) is 0 Å². The Labute approximate surface area is 425 Å². The number of Topliss-reactive ketones (excluding diaryl/α,β-unsaturated/α-hetero) is 2. The van der Waals surface area contributed by atoms with Crippen molar-refractivity contribution in [1.29, 1.82) is 0 Å². The van der Waals surface area contributed by atoms with Crippen molar-refractivity contribution in [2.24, 2.45) is 0 Å². The molecular weight excluding hydrogens is 993 g/mol. The number of phenols is 1. The van der Waals surface area contributed by atoms with E-state index in [1.165, 1.54) is 55.9 Å². The van der Waals surface area contributed by atoms with Gasteiger partial charge in [-0.1, -0.05) is 26.0 Å². The molecular formula is C55H52F8N6O6. The average Bonchev–Trinajstić information content (AvgIpc) is 3.98. The monoisotopic (exact) mass is 1040 g/mol. The van der Waals surface area contributed by atoms with Crippen LogP contribution in [0.5, 0.6) is 34.5 Å². The molecule has 0 aliphatic carbocycles. The molecule has 8 aromatic rings. The van der Waals surface area contributed by atoms with E-state index in [-0.39, 0.29) is 52.5 Å². The number of nitrogens with one attached hydrogen (secondary N) is 2. The maximum Gasteiger partial charge on any atom is 0.390 e. The molecule has 0 aliphatic heterocycles. The summed E-state index contributed by atoms with van der Waals surface area (Å²) >= 11 is 0. The third kappa shape index (κ3) is 13.3. The first-order valence-electron chi connectivity index (χ1n) is 23.8. The number of carbonyl (C=O) groups excluding carboxylic acids is 2. The number of hydrogen-bond acceptors (Lipinski definition) is 10. The lowest BCUT2D eigenvalue weighted by Crippen LogP contribution is -2.14. The summed E-state index contributed by atoms with van der Waals surface area (Å²) in [4.78, 5) is 33.6. The van der Waals surface area contributed by atoms with Gasteiger partial charge in [0.15, 0.2) is 46.2 Å². The minimum Gasteiger partial charge on any atom is -0.502 e.